The minimum absolute atomic E-state index is 0.0630. The first kappa shape index (κ1) is 17.6. The molecule has 0 amide bonds. The lowest BCUT2D eigenvalue weighted by Gasteiger charge is -2.03. The van der Waals surface area contributed by atoms with Gasteiger partial charge in [0.05, 0.1) is 5.56 Å². The second kappa shape index (κ2) is 8.10. The highest BCUT2D eigenvalue weighted by molar-refractivity contribution is 5.95. The van der Waals surface area contributed by atoms with E-state index < -0.39 is 5.97 Å². The second-order valence-corrected chi connectivity index (χ2v) is 5.14. The Morgan fingerprint density at radius 2 is 1.41 bits per heavy atom. The molecule has 0 radical (unpaired) electrons. The van der Waals surface area contributed by atoms with Crippen LogP contribution >= 0.6 is 0 Å². The Balaban J connectivity index is 0.000000224. The van der Waals surface area contributed by atoms with Gasteiger partial charge in [-0.1, -0.05) is 42.0 Å². The summed E-state index contributed by atoms with van der Waals surface area (Å²) in [4.78, 5) is 21.2. The first-order valence-corrected chi connectivity index (χ1v) is 6.97. The zero-order chi connectivity index (χ0) is 16.7. The van der Waals surface area contributed by atoms with Gasteiger partial charge in [0.15, 0.2) is 5.78 Å². The van der Waals surface area contributed by atoms with Crippen molar-refractivity contribution in [2.24, 2.45) is 5.73 Å². The molecule has 0 bridgehead atoms. The summed E-state index contributed by atoms with van der Waals surface area (Å²) >= 11 is 0. The van der Waals surface area contributed by atoms with Crippen LogP contribution in [0.15, 0.2) is 48.5 Å². The Kier molecular flexibility index (Phi) is 6.47. The molecule has 0 saturated carbocycles. The van der Waals surface area contributed by atoms with Crippen LogP contribution in [0, 0.1) is 6.92 Å². The fourth-order valence-electron chi connectivity index (χ4n) is 1.72. The molecule has 4 heteroatoms. The zero-order valence-electron chi connectivity index (χ0n) is 13.0. The third-order valence-corrected chi connectivity index (χ3v) is 3.14. The van der Waals surface area contributed by atoms with E-state index >= 15 is 0 Å². The number of carbonyl (C=O) groups is 2. The maximum Gasteiger partial charge on any atom is 0.335 e. The minimum atomic E-state index is -0.981. The molecule has 2 aromatic carbocycles. The van der Waals surface area contributed by atoms with E-state index in [9.17, 15) is 9.59 Å². The summed E-state index contributed by atoms with van der Waals surface area (Å²) in [6, 6.07) is 14.3. The smallest absolute Gasteiger partial charge is 0.335 e. The summed E-state index contributed by atoms with van der Waals surface area (Å²) in [6.45, 7) is 5.51. The summed E-state index contributed by atoms with van der Waals surface area (Å²) < 4.78 is 0. The number of aryl methyl sites for hydroxylation is 1. The lowest BCUT2D eigenvalue weighted by atomic mass is 10.1. The SMILES string of the molecule is CC(=O)c1ccc(C(=O)O)cc1.Cc1ccc(C(C)N)cc1. The molecule has 116 valence electrons. The van der Waals surface area contributed by atoms with Crippen LogP contribution in [0.1, 0.15) is 51.7 Å². The summed E-state index contributed by atoms with van der Waals surface area (Å²) in [7, 11) is 0. The van der Waals surface area contributed by atoms with Crippen molar-refractivity contribution in [3.8, 4) is 0 Å². The van der Waals surface area contributed by atoms with Crippen LogP contribution in [0.25, 0.3) is 0 Å². The molecule has 0 aromatic heterocycles. The van der Waals surface area contributed by atoms with E-state index in [2.05, 4.69) is 31.2 Å². The second-order valence-electron chi connectivity index (χ2n) is 5.14. The molecule has 4 nitrogen and oxygen atoms in total. The van der Waals surface area contributed by atoms with Crippen LogP contribution in [-0.4, -0.2) is 16.9 Å². The number of ketones is 1. The number of nitrogens with two attached hydrogens (primary N) is 1. The molecule has 0 aliphatic rings. The summed E-state index contributed by atoms with van der Waals surface area (Å²) in [6.07, 6.45) is 0. The van der Waals surface area contributed by atoms with Crippen LogP contribution in [0.2, 0.25) is 0 Å². The Labute approximate surface area is 130 Å². The third-order valence-electron chi connectivity index (χ3n) is 3.14. The lowest BCUT2D eigenvalue weighted by Crippen LogP contribution is -2.04. The molecule has 22 heavy (non-hydrogen) atoms. The van der Waals surface area contributed by atoms with Crippen LogP contribution in [0.3, 0.4) is 0 Å². The van der Waals surface area contributed by atoms with Crippen molar-refractivity contribution in [2.45, 2.75) is 26.8 Å². The summed E-state index contributed by atoms with van der Waals surface area (Å²) in [5, 5.41) is 8.53. The molecular formula is C18H21NO3. The Bertz CT molecular complexity index is 595. The Hall–Kier alpha value is -2.46. The van der Waals surface area contributed by atoms with Gasteiger partial charge in [0.1, 0.15) is 0 Å². The van der Waals surface area contributed by atoms with E-state index in [4.69, 9.17) is 10.8 Å². The molecule has 0 aliphatic heterocycles. The van der Waals surface area contributed by atoms with Crippen molar-refractivity contribution in [1.82, 2.24) is 0 Å². The number of hydrogen-bond acceptors (Lipinski definition) is 3. The molecule has 1 atom stereocenters. The Morgan fingerprint density at radius 3 is 1.77 bits per heavy atom. The highest BCUT2D eigenvalue weighted by Gasteiger charge is 2.03. The molecule has 0 aliphatic carbocycles. The third kappa shape index (κ3) is 5.50. The van der Waals surface area contributed by atoms with Gasteiger partial charge < -0.3 is 10.8 Å². The van der Waals surface area contributed by atoms with Gasteiger partial charge in [-0.3, -0.25) is 4.79 Å². The normalized spacial score (nSPS) is 11.1. The monoisotopic (exact) mass is 299 g/mol. The maximum absolute atomic E-state index is 10.8. The van der Waals surface area contributed by atoms with Crippen molar-refractivity contribution < 1.29 is 14.7 Å². The molecule has 0 saturated heterocycles. The fraction of sp³-hybridized carbons (Fsp3) is 0.222. The highest BCUT2D eigenvalue weighted by atomic mass is 16.4. The first-order chi connectivity index (χ1) is 10.3. The van der Waals surface area contributed by atoms with Gasteiger partial charge in [-0.2, -0.15) is 0 Å². The largest absolute Gasteiger partial charge is 0.478 e. The number of benzene rings is 2. The van der Waals surface area contributed by atoms with E-state index in [1.807, 2.05) is 6.92 Å². The van der Waals surface area contributed by atoms with Gasteiger partial charge in [0, 0.05) is 11.6 Å². The van der Waals surface area contributed by atoms with Gasteiger partial charge in [-0.05, 0) is 38.5 Å². The van der Waals surface area contributed by atoms with E-state index in [0.717, 1.165) is 0 Å². The van der Waals surface area contributed by atoms with Crippen LogP contribution < -0.4 is 5.73 Å². The highest BCUT2D eigenvalue weighted by Crippen LogP contribution is 2.09. The first-order valence-electron chi connectivity index (χ1n) is 6.97. The average Bonchev–Trinajstić information content (AvgIpc) is 2.48. The molecule has 0 fully saturated rings. The van der Waals surface area contributed by atoms with Crippen molar-refractivity contribution in [3.63, 3.8) is 0 Å². The molecular weight excluding hydrogens is 278 g/mol. The number of aromatic carboxylic acids is 1. The van der Waals surface area contributed by atoms with Gasteiger partial charge in [-0.15, -0.1) is 0 Å². The van der Waals surface area contributed by atoms with Gasteiger partial charge in [0.2, 0.25) is 0 Å². The zero-order valence-corrected chi connectivity index (χ0v) is 13.0. The lowest BCUT2D eigenvalue weighted by molar-refractivity contribution is 0.0696. The van der Waals surface area contributed by atoms with E-state index in [1.54, 1.807) is 0 Å². The number of hydrogen-bond donors (Lipinski definition) is 2. The topological polar surface area (TPSA) is 80.4 Å². The molecule has 2 rings (SSSR count). The molecule has 1 unspecified atom stereocenters. The molecule has 0 spiro atoms. The number of Topliss-reactive ketones (excluding diaryl/α,β-unsaturated/α-hetero) is 1. The number of carboxylic acids is 1. The fourth-order valence-corrected chi connectivity index (χ4v) is 1.72. The standard InChI is InChI=1S/C9H13N.C9H8O3/c1-7-3-5-9(6-4-7)8(2)10;1-6(10)7-2-4-8(5-3-7)9(11)12/h3-6,8H,10H2,1-2H3;2-5H,1H3,(H,11,12). The van der Waals surface area contributed by atoms with Gasteiger partial charge in [-0.25, -0.2) is 4.79 Å². The van der Waals surface area contributed by atoms with Crippen LogP contribution in [0.5, 0.6) is 0 Å². The van der Waals surface area contributed by atoms with Crippen LogP contribution in [-0.2, 0) is 0 Å². The number of carbonyl (C=O) groups excluding carboxylic acids is 1. The van der Waals surface area contributed by atoms with E-state index in [-0.39, 0.29) is 17.4 Å². The van der Waals surface area contributed by atoms with Crippen molar-refractivity contribution >= 4 is 11.8 Å². The van der Waals surface area contributed by atoms with E-state index in [0.29, 0.717) is 5.56 Å². The van der Waals surface area contributed by atoms with Gasteiger partial charge in [0.25, 0.3) is 0 Å². The predicted molar refractivity (Wildman–Crippen MR) is 87.2 cm³/mol. The quantitative estimate of drug-likeness (QED) is 0.848. The van der Waals surface area contributed by atoms with Crippen molar-refractivity contribution in [1.29, 1.82) is 0 Å². The van der Waals surface area contributed by atoms with Crippen molar-refractivity contribution in [3.05, 3.63) is 70.8 Å². The summed E-state index contributed by atoms with van der Waals surface area (Å²) in [5.41, 5.74) is 8.87. The number of carboxylic acid groups (broad SMARTS) is 1. The van der Waals surface area contributed by atoms with E-state index in [1.165, 1.54) is 42.3 Å². The van der Waals surface area contributed by atoms with Crippen LogP contribution in [0.4, 0.5) is 0 Å². The molecule has 2 aromatic rings. The molecule has 3 N–H and O–H groups in total. The van der Waals surface area contributed by atoms with Gasteiger partial charge >= 0.3 is 5.97 Å². The number of rotatable bonds is 3. The minimum Gasteiger partial charge on any atom is -0.478 e. The summed E-state index contributed by atoms with van der Waals surface area (Å²) in [5.74, 6) is -1.04. The molecule has 0 heterocycles. The Morgan fingerprint density at radius 1 is 0.955 bits per heavy atom. The predicted octanol–water partition coefficient (Wildman–Crippen LogP) is 3.60. The average molecular weight is 299 g/mol. The van der Waals surface area contributed by atoms with Crippen molar-refractivity contribution in [2.75, 3.05) is 0 Å². The maximum atomic E-state index is 10.8.